The fourth-order valence-corrected chi connectivity index (χ4v) is 5.16. The van der Waals surface area contributed by atoms with Gasteiger partial charge in [-0.3, -0.25) is 9.69 Å². The molecule has 2 aromatic rings. The Morgan fingerprint density at radius 3 is 2.88 bits per heavy atom. The van der Waals surface area contributed by atoms with Gasteiger partial charge in [0.15, 0.2) is 0 Å². The molecule has 1 aliphatic heterocycles. The summed E-state index contributed by atoms with van der Waals surface area (Å²) in [7, 11) is 0. The van der Waals surface area contributed by atoms with E-state index in [1.165, 1.54) is 17.0 Å². The number of halogens is 1. The van der Waals surface area contributed by atoms with Crippen LogP contribution >= 0.6 is 11.3 Å². The number of ether oxygens (including phenoxy) is 2. The Kier molecular flexibility index (Phi) is 10.3. The Hall–Kier alpha value is -2.00. The number of thiophene rings is 1. The summed E-state index contributed by atoms with van der Waals surface area (Å²) in [6, 6.07) is 7.90. The predicted molar refractivity (Wildman–Crippen MR) is 133 cm³/mol. The number of amides is 1. The maximum absolute atomic E-state index is 13.6. The van der Waals surface area contributed by atoms with Gasteiger partial charge in [-0.25, -0.2) is 4.39 Å². The van der Waals surface area contributed by atoms with Crippen molar-refractivity contribution in [2.24, 2.45) is 5.92 Å². The van der Waals surface area contributed by atoms with E-state index in [1.54, 1.807) is 23.5 Å². The van der Waals surface area contributed by atoms with E-state index in [-0.39, 0.29) is 37.5 Å². The molecule has 2 atom stereocenters. The zero-order valence-corrected chi connectivity index (χ0v) is 21.2. The first kappa shape index (κ1) is 26.6. The number of carbonyl (C=O) groups is 1. The monoisotopic (exact) mass is 492 g/mol. The fraction of sp³-hybridized carbons (Fsp3) is 0.577. The minimum atomic E-state index is -0.643. The van der Waals surface area contributed by atoms with Gasteiger partial charge >= 0.3 is 0 Å². The number of hydrogen-bond acceptors (Lipinski definition) is 6. The molecule has 1 aromatic heterocycles. The molecule has 0 fully saturated rings. The summed E-state index contributed by atoms with van der Waals surface area (Å²) in [5.41, 5.74) is 1.10. The second-order valence-corrected chi connectivity index (χ2v) is 10.2. The summed E-state index contributed by atoms with van der Waals surface area (Å²) >= 11 is 1.70. The topological polar surface area (TPSA) is 62.2 Å². The lowest BCUT2D eigenvalue weighted by Crippen LogP contribution is -2.48. The van der Waals surface area contributed by atoms with Crippen LogP contribution in [0.5, 0.6) is 5.75 Å². The molecule has 3 rings (SSSR count). The molecular weight excluding hydrogens is 455 g/mol. The number of benzene rings is 1. The standard InChI is InChI=1S/C26H37FN2O4S/c1-4-10-28(14-21(30)17-32-16-19(2)3)15-26(31)29-11-8-25-23(9-12-34-25)24(29)18-33-22-7-5-6-20(27)13-22/h5-7,9,12-13,19,21,24,30H,4,8,10-11,14-18H2,1-3H3. The second kappa shape index (κ2) is 13.2. The van der Waals surface area contributed by atoms with Gasteiger partial charge in [0, 0.05) is 30.6 Å². The van der Waals surface area contributed by atoms with Crippen LogP contribution in [-0.2, 0) is 16.0 Å². The average Bonchev–Trinajstić information content (AvgIpc) is 3.26. The molecule has 2 heterocycles. The zero-order valence-electron chi connectivity index (χ0n) is 20.4. The first-order chi connectivity index (χ1) is 16.4. The fourth-order valence-electron chi connectivity index (χ4n) is 4.23. The van der Waals surface area contributed by atoms with Crippen molar-refractivity contribution < 1.29 is 23.8 Å². The minimum absolute atomic E-state index is 0.00782. The molecule has 2 unspecified atom stereocenters. The van der Waals surface area contributed by atoms with Gasteiger partial charge in [0.25, 0.3) is 0 Å². The highest BCUT2D eigenvalue weighted by molar-refractivity contribution is 7.10. The maximum atomic E-state index is 13.6. The SMILES string of the molecule is CCCN(CC(=O)N1CCc2sccc2C1COc1cccc(F)c1)CC(O)COCC(C)C. The lowest BCUT2D eigenvalue weighted by Gasteiger charge is -2.37. The van der Waals surface area contributed by atoms with Crippen LogP contribution in [0, 0.1) is 11.7 Å². The second-order valence-electron chi connectivity index (χ2n) is 9.24. The van der Waals surface area contributed by atoms with Crippen molar-refractivity contribution in [3.63, 3.8) is 0 Å². The van der Waals surface area contributed by atoms with Gasteiger partial charge in [-0.05, 0) is 54.4 Å². The zero-order chi connectivity index (χ0) is 24.5. The van der Waals surface area contributed by atoms with E-state index in [0.717, 1.165) is 24.9 Å². The van der Waals surface area contributed by atoms with Crippen LogP contribution in [0.15, 0.2) is 35.7 Å². The van der Waals surface area contributed by atoms with Crippen LogP contribution in [0.1, 0.15) is 43.7 Å². The number of rotatable bonds is 13. The third-order valence-corrected chi connectivity index (χ3v) is 6.74. The molecule has 0 saturated carbocycles. The summed E-state index contributed by atoms with van der Waals surface area (Å²) in [6.45, 7) is 9.28. The molecular formula is C26H37FN2O4S. The molecule has 6 nitrogen and oxygen atoms in total. The molecule has 0 aliphatic carbocycles. The van der Waals surface area contributed by atoms with Crippen molar-refractivity contribution in [2.75, 3.05) is 46.0 Å². The Morgan fingerprint density at radius 2 is 2.15 bits per heavy atom. The largest absolute Gasteiger partial charge is 0.491 e. The molecule has 1 N–H and O–H groups in total. The third-order valence-electron chi connectivity index (χ3n) is 5.75. The molecule has 1 amide bonds. The first-order valence-corrected chi connectivity index (χ1v) is 13.0. The molecule has 34 heavy (non-hydrogen) atoms. The highest BCUT2D eigenvalue weighted by atomic mass is 32.1. The van der Waals surface area contributed by atoms with Crippen molar-refractivity contribution in [2.45, 2.75) is 45.8 Å². The smallest absolute Gasteiger partial charge is 0.237 e. The van der Waals surface area contributed by atoms with Crippen molar-refractivity contribution in [1.82, 2.24) is 9.80 Å². The van der Waals surface area contributed by atoms with Crippen LogP contribution in [-0.4, -0.2) is 72.9 Å². The molecule has 0 spiro atoms. The molecule has 0 bridgehead atoms. The third kappa shape index (κ3) is 7.77. The van der Waals surface area contributed by atoms with Crippen LogP contribution in [0.25, 0.3) is 0 Å². The lowest BCUT2D eigenvalue weighted by atomic mass is 10.0. The van der Waals surface area contributed by atoms with Crippen LogP contribution in [0.4, 0.5) is 4.39 Å². The first-order valence-electron chi connectivity index (χ1n) is 12.1. The molecule has 8 heteroatoms. The van der Waals surface area contributed by atoms with Crippen molar-refractivity contribution in [3.8, 4) is 5.75 Å². The Balaban J connectivity index is 1.65. The lowest BCUT2D eigenvalue weighted by molar-refractivity contribution is -0.136. The highest BCUT2D eigenvalue weighted by Crippen LogP contribution is 2.34. The van der Waals surface area contributed by atoms with Crippen LogP contribution in [0.2, 0.25) is 0 Å². The van der Waals surface area contributed by atoms with Gasteiger partial charge in [-0.2, -0.15) is 0 Å². The molecule has 1 aliphatic rings. The number of aliphatic hydroxyl groups excluding tert-OH is 1. The molecule has 0 saturated heterocycles. The summed E-state index contributed by atoms with van der Waals surface area (Å²) in [5, 5.41) is 12.5. The normalized spacial score (nSPS) is 16.7. The summed E-state index contributed by atoms with van der Waals surface area (Å²) < 4.78 is 25.1. The molecule has 1 aromatic carbocycles. The number of fused-ring (bicyclic) bond motifs is 1. The van der Waals surface area contributed by atoms with Gasteiger partial charge in [-0.15, -0.1) is 11.3 Å². The van der Waals surface area contributed by atoms with Gasteiger partial charge in [-0.1, -0.05) is 26.8 Å². The average molecular weight is 493 g/mol. The summed E-state index contributed by atoms with van der Waals surface area (Å²) in [6.07, 6.45) is 1.05. The Bertz CT molecular complexity index is 906. The van der Waals surface area contributed by atoms with E-state index in [4.69, 9.17) is 9.47 Å². The molecule has 188 valence electrons. The summed E-state index contributed by atoms with van der Waals surface area (Å²) in [5.74, 6) is 0.518. The highest BCUT2D eigenvalue weighted by Gasteiger charge is 2.33. The van der Waals surface area contributed by atoms with Crippen LogP contribution < -0.4 is 4.74 Å². The van der Waals surface area contributed by atoms with E-state index >= 15 is 0 Å². The number of hydrogen-bond donors (Lipinski definition) is 1. The van der Waals surface area contributed by atoms with Crippen molar-refractivity contribution >= 4 is 17.2 Å². The van der Waals surface area contributed by atoms with E-state index in [1.807, 2.05) is 15.2 Å². The number of carbonyl (C=O) groups excluding carboxylic acids is 1. The van der Waals surface area contributed by atoms with Gasteiger partial charge in [0.2, 0.25) is 5.91 Å². The number of nitrogens with zero attached hydrogens (tertiary/aromatic N) is 2. The number of aliphatic hydroxyl groups is 1. The van der Waals surface area contributed by atoms with Crippen molar-refractivity contribution in [1.29, 1.82) is 0 Å². The Morgan fingerprint density at radius 1 is 1.32 bits per heavy atom. The minimum Gasteiger partial charge on any atom is -0.491 e. The van der Waals surface area contributed by atoms with E-state index in [0.29, 0.717) is 31.4 Å². The maximum Gasteiger partial charge on any atom is 0.237 e. The van der Waals surface area contributed by atoms with Gasteiger partial charge in [0.05, 0.1) is 25.3 Å². The molecule has 0 radical (unpaired) electrons. The van der Waals surface area contributed by atoms with E-state index < -0.39 is 6.10 Å². The quantitative estimate of drug-likeness (QED) is 0.455. The van der Waals surface area contributed by atoms with Crippen molar-refractivity contribution in [3.05, 3.63) is 52.0 Å². The van der Waals surface area contributed by atoms with Gasteiger partial charge < -0.3 is 19.5 Å². The van der Waals surface area contributed by atoms with Gasteiger partial charge in [0.1, 0.15) is 18.2 Å². The van der Waals surface area contributed by atoms with E-state index in [2.05, 4.69) is 26.8 Å². The summed E-state index contributed by atoms with van der Waals surface area (Å²) in [4.78, 5) is 18.6. The van der Waals surface area contributed by atoms with E-state index in [9.17, 15) is 14.3 Å². The predicted octanol–water partition coefficient (Wildman–Crippen LogP) is 4.14. The van der Waals surface area contributed by atoms with Crippen LogP contribution in [0.3, 0.4) is 0 Å². The Labute approximate surface area is 206 Å².